The van der Waals surface area contributed by atoms with Crippen molar-refractivity contribution < 1.29 is 13.9 Å². The van der Waals surface area contributed by atoms with E-state index in [1.807, 2.05) is 0 Å². The molecule has 0 aliphatic heterocycles. The molecule has 0 fully saturated rings. The van der Waals surface area contributed by atoms with Gasteiger partial charge < -0.3 is 14.8 Å². The van der Waals surface area contributed by atoms with E-state index in [2.05, 4.69) is 20.7 Å². The van der Waals surface area contributed by atoms with Gasteiger partial charge in [-0.25, -0.2) is 14.1 Å². The zero-order chi connectivity index (χ0) is 20.1. The lowest BCUT2D eigenvalue weighted by Gasteiger charge is -2.11. The molecule has 1 aromatic heterocycles. The van der Waals surface area contributed by atoms with Crippen LogP contribution >= 0.6 is 23.8 Å². The van der Waals surface area contributed by atoms with Crippen LogP contribution in [-0.4, -0.2) is 34.1 Å². The van der Waals surface area contributed by atoms with Crippen LogP contribution < -0.4 is 20.1 Å². The maximum Gasteiger partial charge on any atom is 0.248 e. The number of hydrogen-bond acceptors (Lipinski definition) is 5. The second kappa shape index (κ2) is 8.85. The number of nitrogens with zero attached hydrogens (tertiary/aromatic N) is 3. The molecule has 0 unspecified atom stereocenters. The number of benzene rings is 2. The Kier molecular flexibility index (Phi) is 6.27. The number of halogens is 2. The summed E-state index contributed by atoms with van der Waals surface area (Å²) in [6.45, 7) is 0.348. The number of nitrogens with one attached hydrogen (secondary N) is 2. The first-order valence-corrected chi connectivity index (χ1v) is 8.90. The lowest BCUT2D eigenvalue weighted by atomic mass is 10.2. The quantitative estimate of drug-likeness (QED) is 0.584. The van der Waals surface area contributed by atoms with E-state index in [1.54, 1.807) is 43.2 Å². The number of methoxy groups -OCH3 is 2. The summed E-state index contributed by atoms with van der Waals surface area (Å²) >= 11 is 11.3. The molecule has 0 saturated carbocycles. The van der Waals surface area contributed by atoms with Gasteiger partial charge in [0.25, 0.3) is 0 Å². The minimum atomic E-state index is -0.389. The highest BCUT2D eigenvalue weighted by molar-refractivity contribution is 7.80. The topological polar surface area (TPSA) is 73.2 Å². The number of aromatic nitrogens is 3. The molecule has 0 aliphatic carbocycles. The van der Waals surface area contributed by atoms with Gasteiger partial charge in [0.05, 0.1) is 20.8 Å². The molecular weight excluding hydrogens is 405 g/mol. The van der Waals surface area contributed by atoms with Crippen molar-refractivity contribution in [2.45, 2.75) is 6.54 Å². The van der Waals surface area contributed by atoms with Gasteiger partial charge in [-0.2, -0.15) is 0 Å². The lowest BCUT2D eigenvalue weighted by molar-refractivity contribution is 0.395. The second-order valence-electron chi connectivity index (χ2n) is 5.68. The van der Waals surface area contributed by atoms with Crippen LogP contribution in [0.25, 0.3) is 0 Å². The molecule has 0 aliphatic rings. The molecule has 0 atom stereocenters. The number of anilines is 2. The summed E-state index contributed by atoms with van der Waals surface area (Å²) < 4.78 is 25.2. The molecule has 0 spiro atoms. The predicted molar refractivity (Wildman–Crippen MR) is 110 cm³/mol. The van der Waals surface area contributed by atoms with Crippen LogP contribution in [0.5, 0.6) is 11.5 Å². The fourth-order valence-electron chi connectivity index (χ4n) is 2.40. The molecule has 0 radical (unpaired) electrons. The average Bonchev–Trinajstić information content (AvgIpc) is 3.10. The third-order valence-electron chi connectivity index (χ3n) is 3.72. The summed E-state index contributed by atoms with van der Waals surface area (Å²) in [6.07, 6.45) is 1.53. The molecule has 0 saturated heterocycles. The highest BCUT2D eigenvalue weighted by Crippen LogP contribution is 2.25. The van der Waals surface area contributed by atoms with E-state index in [1.165, 1.54) is 18.5 Å². The fourth-order valence-corrected chi connectivity index (χ4v) is 2.83. The highest BCUT2D eigenvalue weighted by Gasteiger charge is 2.08. The van der Waals surface area contributed by atoms with E-state index in [4.69, 9.17) is 33.3 Å². The largest absolute Gasteiger partial charge is 0.497 e. The third kappa shape index (κ3) is 5.08. The summed E-state index contributed by atoms with van der Waals surface area (Å²) in [5.74, 6) is 1.18. The van der Waals surface area contributed by atoms with E-state index in [9.17, 15) is 4.39 Å². The van der Waals surface area contributed by atoms with Crippen LogP contribution in [0.4, 0.5) is 16.0 Å². The van der Waals surface area contributed by atoms with Crippen LogP contribution in [0.15, 0.2) is 42.7 Å². The SMILES string of the molecule is COc1cc(NC(=S)Nc2ncn(Cc3ccc(F)cc3Cl)n2)cc(OC)c1. The van der Waals surface area contributed by atoms with Gasteiger partial charge in [0, 0.05) is 28.9 Å². The number of rotatable bonds is 6. The Labute approximate surface area is 171 Å². The summed E-state index contributed by atoms with van der Waals surface area (Å²) in [6, 6.07) is 9.52. The molecule has 146 valence electrons. The maximum absolute atomic E-state index is 13.1. The number of thiocarbonyl (C=S) groups is 1. The number of ether oxygens (including phenoxy) is 2. The van der Waals surface area contributed by atoms with E-state index in [0.29, 0.717) is 39.8 Å². The molecule has 28 heavy (non-hydrogen) atoms. The van der Waals surface area contributed by atoms with E-state index >= 15 is 0 Å². The highest BCUT2D eigenvalue weighted by atomic mass is 35.5. The Morgan fingerprint density at radius 1 is 1.14 bits per heavy atom. The summed E-state index contributed by atoms with van der Waals surface area (Å²) in [4.78, 5) is 4.16. The van der Waals surface area contributed by atoms with Gasteiger partial charge in [-0.05, 0) is 29.9 Å². The van der Waals surface area contributed by atoms with Gasteiger partial charge in [-0.1, -0.05) is 17.7 Å². The van der Waals surface area contributed by atoms with Gasteiger partial charge in [0.15, 0.2) is 5.11 Å². The van der Waals surface area contributed by atoms with Crippen molar-refractivity contribution in [1.29, 1.82) is 0 Å². The van der Waals surface area contributed by atoms with Crippen LogP contribution in [0, 0.1) is 5.82 Å². The van der Waals surface area contributed by atoms with Gasteiger partial charge in [0.1, 0.15) is 23.6 Å². The summed E-state index contributed by atoms with van der Waals surface area (Å²) in [7, 11) is 3.14. The Morgan fingerprint density at radius 2 is 1.86 bits per heavy atom. The first-order valence-electron chi connectivity index (χ1n) is 8.11. The number of hydrogen-bond donors (Lipinski definition) is 2. The standard InChI is InChI=1S/C18H17ClFN5O2S/c1-26-14-6-13(7-15(8-14)27-2)22-18(28)23-17-21-10-25(24-17)9-11-3-4-12(20)5-16(11)19/h3-8,10H,9H2,1-2H3,(H2,22,23,24,28). The Hall–Kier alpha value is -2.91. The van der Waals surface area contributed by atoms with Crippen molar-refractivity contribution in [2.75, 3.05) is 24.9 Å². The van der Waals surface area contributed by atoms with Gasteiger partial charge in [-0.15, -0.1) is 5.10 Å². The van der Waals surface area contributed by atoms with Gasteiger partial charge in [-0.3, -0.25) is 5.32 Å². The Bertz CT molecular complexity index is 976. The molecule has 7 nitrogen and oxygen atoms in total. The molecule has 3 rings (SSSR count). The minimum Gasteiger partial charge on any atom is -0.497 e. The molecule has 10 heteroatoms. The normalized spacial score (nSPS) is 10.4. The smallest absolute Gasteiger partial charge is 0.248 e. The third-order valence-corrected chi connectivity index (χ3v) is 4.27. The molecule has 2 aromatic carbocycles. The lowest BCUT2D eigenvalue weighted by Crippen LogP contribution is -2.20. The molecule has 1 heterocycles. The summed E-state index contributed by atoms with van der Waals surface area (Å²) in [5, 5.41) is 10.8. The van der Waals surface area contributed by atoms with E-state index in [-0.39, 0.29) is 5.82 Å². The van der Waals surface area contributed by atoms with E-state index < -0.39 is 0 Å². The molecule has 2 N–H and O–H groups in total. The second-order valence-corrected chi connectivity index (χ2v) is 6.50. The van der Waals surface area contributed by atoms with Crippen molar-refractivity contribution in [3.05, 3.63) is 59.1 Å². The first-order chi connectivity index (χ1) is 13.5. The summed E-state index contributed by atoms with van der Waals surface area (Å²) in [5.41, 5.74) is 1.41. The van der Waals surface area contributed by atoms with Crippen LogP contribution in [0.2, 0.25) is 5.02 Å². The fraction of sp³-hybridized carbons (Fsp3) is 0.167. The molecule has 0 amide bonds. The minimum absolute atomic E-state index is 0.299. The first kappa shape index (κ1) is 19.8. The van der Waals surface area contributed by atoms with Crippen molar-refractivity contribution in [3.8, 4) is 11.5 Å². The van der Waals surface area contributed by atoms with Crippen molar-refractivity contribution in [3.63, 3.8) is 0 Å². The molecule has 0 bridgehead atoms. The maximum atomic E-state index is 13.1. The average molecular weight is 422 g/mol. The molecule has 3 aromatic rings. The van der Waals surface area contributed by atoms with Crippen molar-refractivity contribution >= 4 is 40.6 Å². The zero-order valence-corrected chi connectivity index (χ0v) is 16.6. The molecular formula is C18H17ClFN5O2S. The van der Waals surface area contributed by atoms with Crippen molar-refractivity contribution in [1.82, 2.24) is 14.8 Å². The predicted octanol–water partition coefficient (Wildman–Crippen LogP) is 3.95. The Morgan fingerprint density at radius 3 is 2.50 bits per heavy atom. The monoisotopic (exact) mass is 421 g/mol. The van der Waals surface area contributed by atoms with Crippen molar-refractivity contribution in [2.24, 2.45) is 0 Å². The van der Waals surface area contributed by atoms with Crippen LogP contribution in [0.1, 0.15) is 5.56 Å². The Balaban J connectivity index is 1.64. The van der Waals surface area contributed by atoms with Gasteiger partial charge >= 0.3 is 0 Å². The van der Waals surface area contributed by atoms with E-state index in [0.717, 1.165) is 5.56 Å². The zero-order valence-electron chi connectivity index (χ0n) is 15.1. The van der Waals surface area contributed by atoms with Crippen LogP contribution in [-0.2, 0) is 6.54 Å². The van der Waals surface area contributed by atoms with Crippen LogP contribution in [0.3, 0.4) is 0 Å². The van der Waals surface area contributed by atoms with Gasteiger partial charge in [0.2, 0.25) is 5.95 Å².